The summed E-state index contributed by atoms with van der Waals surface area (Å²) in [4.78, 5) is 6.65. The first-order chi connectivity index (χ1) is 12.7. The van der Waals surface area contributed by atoms with Crippen LogP contribution in [0.1, 0.15) is 5.56 Å². The highest BCUT2D eigenvalue weighted by Crippen LogP contribution is 2.29. The van der Waals surface area contributed by atoms with Gasteiger partial charge in [-0.1, -0.05) is 11.6 Å². The van der Waals surface area contributed by atoms with Crippen molar-refractivity contribution in [3.63, 3.8) is 0 Å². The van der Waals surface area contributed by atoms with Gasteiger partial charge in [0.15, 0.2) is 0 Å². The highest BCUT2D eigenvalue weighted by Gasteiger charge is 2.13. The van der Waals surface area contributed by atoms with Gasteiger partial charge in [0, 0.05) is 53.2 Å². The lowest BCUT2D eigenvalue weighted by Crippen LogP contribution is -2.35. The van der Waals surface area contributed by atoms with E-state index in [1.165, 1.54) is 0 Å². The van der Waals surface area contributed by atoms with Crippen LogP contribution in [0.4, 0.5) is 11.4 Å². The number of fused-ring (bicyclic) bond motifs is 1. The fraction of sp³-hybridized carbons (Fsp3) is 0.250. The molecule has 1 fully saturated rings. The van der Waals surface area contributed by atoms with E-state index in [4.69, 9.17) is 16.3 Å². The Morgan fingerprint density at radius 2 is 1.96 bits per heavy atom. The second-order valence-corrected chi connectivity index (χ2v) is 6.81. The normalized spacial score (nSPS) is 15.3. The molecule has 2 heterocycles. The minimum Gasteiger partial charge on any atom is -0.508 e. The first-order valence-corrected chi connectivity index (χ1v) is 9.00. The zero-order valence-electron chi connectivity index (χ0n) is 14.3. The van der Waals surface area contributed by atoms with Crippen molar-refractivity contribution in [2.24, 2.45) is 0 Å². The van der Waals surface area contributed by atoms with Crippen LogP contribution < -0.4 is 5.32 Å². The number of halogens is 1. The number of phenols is 1. The van der Waals surface area contributed by atoms with Gasteiger partial charge in [-0.05, 0) is 42.5 Å². The van der Waals surface area contributed by atoms with E-state index in [-0.39, 0.29) is 0 Å². The molecule has 0 aliphatic carbocycles. The van der Waals surface area contributed by atoms with Gasteiger partial charge in [-0.3, -0.25) is 9.88 Å². The highest BCUT2D eigenvalue weighted by molar-refractivity contribution is 6.31. The van der Waals surface area contributed by atoms with E-state index in [1.807, 2.05) is 36.4 Å². The average Bonchev–Trinajstić information content (AvgIpc) is 2.65. The van der Waals surface area contributed by atoms with Crippen LogP contribution in [0.15, 0.2) is 48.7 Å². The van der Waals surface area contributed by atoms with E-state index >= 15 is 0 Å². The largest absolute Gasteiger partial charge is 0.508 e. The molecule has 0 atom stereocenters. The first kappa shape index (κ1) is 17.1. The third kappa shape index (κ3) is 3.75. The Hall–Kier alpha value is -2.34. The summed E-state index contributed by atoms with van der Waals surface area (Å²) in [6, 6.07) is 13.2. The quantitative estimate of drug-likeness (QED) is 0.676. The number of benzene rings is 2. The second-order valence-electron chi connectivity index (χ2n) is 6.38. The number of aromatic hydroxyl groups is 1. The van der Waals surface area contributed by atoms with Crippen LogP contribution in [-0.4, -0.2) is 41.3 Å². The third-order valence-corrected chi connectivity index (χ3v) is 4.80. The second kappa shape index (κ2) is 7.50. The molecule has 0 bridgehead atoms. The molecule has 1 aliphatic rings. The van der Waals surface area contributed by atoms with Crippen LogP contribution in [0.3, 0.4) is 0 Å². The fourth-order valence-electron chi connectivity index (χ4n) is 3.18. The molecule has 0 radical (unpaired) electrons. The van der Waals surface area contributed by atoms with E-state index in [1.54, 1.807) is 12.3 Å². The third-order valence-electron chi connectivity index (χ3n) is 4.56. The lowest BCUT2D eigenvalue weighted by atomic mass is 10.1. The molecule has 0 spiro atoms. The summed E-state index contributed by atoms with van der Waals surface area (Å²) in [5.74, 6) is 0.313. The maximum atomic E-state index is 10.2. The van der Waals surface area contributed by atoms with Crippen LogP contribution in [0.25, 0.3) is 10.9 Å². The molecule has 0 amide bonds. The lowest BCUT2D eigenvalue weighted by molar-refractivity contribution is 0.0339. The van der Waals surface area contributed by atoms with E-state index in [2.05, 4.69) is 15.2 Å². The Labute approximate surface area is 157 Å². The molecule has 5 nitrogen and oxygen atoms in total. The Bertz CT molecular complexity index is 926. The molecule has 0 unspecified atom stereocenters. The summed E-state index contributed by atoms with van der Waals surface area (Å²) < 4.78 is 5.39. The maximum absolute atomic E-state index is 10.2. The molecule has 2 N–H and O–H groups in total. The molecule has 1 aromatic heterocycles. The van der Waals surface area contributed by atoms with Crippen LogP contribution in [0.5, 0.6) is 5.75 Å². The smallest absolute Gasteiger partial charge is 0.120 e. The van der Waals surface area contributed by atoms with Gasteiger partial charge >= 0.3 is 0 Å². The summed E-state index contributed by atoms with van der Waals surface area (Å²) in [7, 11) is 0. The van der Waals surface area contributed by atoms with Crippen LogP contribution >= 0.6 is 11.6 Å². The van der Waals surface area contributed by atoms with Gasteiger partial charge in [-0.15, -0.1) is 0 Å². The Balaban J connectivity index is 1.59. The summed E-state index contributed by atoms with van der Waals surface area (Å²) in [5.41, 5.74) is 3.62. The number of phenolic OH excluding ortho intramolecular Hbond substituents is 1. The molecule has 134 valence electrons. The van der Waals surface area contributed by atoms with Crippen molar-refractivity contribution in [2.75, 3.05) is 31.6 Å². The topological polar surface area (TPSA) is 57.6 Å². The minimum absolute atomic E-state index is 0.313. The molecule has 2 aromatic carbocycles. The van der Waals surface area contributed by atoms with Gasteiger partial charge in [0.2, 0.25) is 0 Å². The number of hydrogen-bond donors (Lipinski definition) is 2. The standard InChI is InChI=1S/C20H20ClN3O2/c21-15-1-3-17-18(5-6-22-19(17)12-15)23-16-2-4-20(25)14(11-16)13-24-7-9-26-10-8-24/h1-6,11-12,25H,7-10,13H2,(H,22,23). The number of pyridine rings is 1. The van der Waals surface area contributed by atoms with E-state index < -0.39 is 0 Å². The van der Waals surface area contributed by atoms with Crippen LogP contribution in [-0.2, 0) is 11.3 Å². The average molecular weight is 370 g/mol. The van der Waals surface area contributed by atoms with Crippen molar-refractivity contribution >= 4 is 33.9 Å². The van der Waals surface area contributed by atoms with Crippen LogP contribution in [0.2, 0.25) is 5.02 Å². The summed E-state index contributed by atoms with van der Waals surface area (Å²) in [6.07, 6.45) is 1.76. The number of morpholine rings is 1. The molecule has 4 rings (SSSR count). The Morgan fingerprint density at radius 1 is 1.12 bits per heavy atom. The number of anilines is 2. The molecule has 1 saturated heterocycles. The van der Waals surface area contributed by atoms with Crippen molar-refractivity contribution in [3.8, 4) is 5.75 Å². The number of nitrogens with one attached hydrogen (secondary N) is 1. The Kier molecular flexibility index (Phi) is 4.93. The predicted octanol–water partition coefficient (Wildman–Crippen LogP) is 4.17. The molecule has 3 aromatic rings. The Morgan fingerprint density at radius 3 is 2.81 bits per heavy atom. The first-order valence-electron chi connectivity index (χ1n) is 8.62. The monoisotopic (exact) mass is 369 g/mol. The van der Waals surface area contributed by atoms with Crippen LogP contribution in [0, 0.1) is 0 Å². The molecule has 6 heteroatoms. The SMILES string of the molecule is Oc1ccc(Nc2ccnc3cc(Cl)ccc23)cc1CN1CCOCC1. The van der Waals surface area contributed by atoms with E-state index in [0.29, 0.717) is 17.3 Å². The molecule has 1 aliphatic heterocycles. The van der Waals surface area contributed by atoms with Gasteiger partial charge in [0.05, 0.1) is 18.7 Å². The lowest BCUT2D eigenvalue weighted by Gasteiger charge is -2.27. The van der Waals surface area contributed by atoms with Gasteiger partial charge < -0.3 is 15.2 Å². The number of aromatic nitrogens is 1. The maximum Gasteiger partial charge on any atom is 0.120 e. The number of ether oxygens (including phenoxy) is 1. The molecular weight excluding hydrogens is 350 g/mol. The number of rotatable bonds is 4. The van der Waals surface area contributed by atoms with Crippen molar-refractivity contribution in [1.82, 2.24) is 9.88 Å². The summed E-state index contributed by atoms with van der Waals surface area (Å²) in [6.45, 7) is 3.95. The molecule has 26 heavy (non-hydrogen) atoms. The predicted molar refractivity (Wildman–Crippen MR) is 104 cm³/mol. The van der Waals surface area contributed by atoms with Crippen molar-refractivity contribution in [3.05, 3.63) is 59.2 Å². The molecule has 0 saturated carbocycles. The number of hydrogen-bond acceptors (Lipinski definition) is 5. The van der Waals surface area contributed by atoms with Gasteiger partial charge in [-0.2, -0.15) is 0 Å². The van der Waals surface area contributed by atoms with Crippen molar-refractivity contribution in [1.29, 1.82) is 0 Å². The highest BCUT2D eigenvalue weighted by atomic mass is 35.5. The minimum atomic E-state index is 0.313. The molecular formula is C20H20ClN3O2. The zero-order chi connectivity index (χ0) is 17.9. The van der Waals surface area contributed by atoms with Crippen molar-refractivity contribution in [2.45, 2.75) is 6.54 Å². The van der Waals surface area contributed by atoms with Gasteiger partial charge in [0.25, 0.3) is 0 Å². The van der Waals surface area contributed by atoms with E-state index in [9.17, 15) is 5.11 Å². The zero-order valence-corrected chi connectivity index (χ0v) is 15.0. The fourth-order valence-corrected chi connectivity index (χ4v) is 3.34. The summed E-state index contributed by atoms with van der Waals surface area (Å²) in [5, 5.41) is 15.3. The van der Waals surface area contributed by atoms with Gasteiger partial charge in [0.1, 0.15) is 5.75 Å². The van der Waals surface area contributed by atoms with Gasteiger partial charge in [-0.25, -0.2) is 0 Å². The van der Waals surface area contributed by atoms with E-state index in [0.717, 1.165) is 54.1 Å². The number of nitrogens with zero attached hydrogens (tertiary/aromatic N) is 2. The van der Waals surface area contributed by atoms with Crippen molar-refractivity contribution < 1.29 is 9.84 Å². The summed E-state index contributed by atoms with van der Waals surface area (Å²) >= 11 is 6.06.